The molecule has 6 nitrogen and oxygen atoms in total. The average Bonchev–Trinajstić information content (AvgIpc) is 3.02. The molecule has 0 amide bonds. The second kappa shape index (κ2) is 6.00. The zero-order valence-corrected chi connectivity index (χ0v) is 13.0. The van der Waals surface area contributed by atoms with Crippen LogP contribution in [-0.4, -0.2) is 28.3 Å². The van der Waals surface area contributed by atoms with E-state index >= 15 is 0 Å². The molecule has 2 aromatic heterocycles. The van der Waals surface area contributed by atoms with Gasteiger partial charge in [0, 0.05) is 16.5 Å². The molecule has 0 atom stereocenters. The van der Waals surface area contributed by atoms with Crippen molar-refractivity contribution in [3.8, 4) is 5.75 Å². The van der Waals surface area contributed by atoms with Gasteiger partial charge in [0.1, 0.15) is 23.1 Å². The molecule has 0 aliphatic heterocycles. The van der Waals surface area contributed by atoms with Gasteiger partial charge in [0.05, 0.1) is 13.3 Å². The van der Waals surface area contributed by atoms with E-state index in [0.717, 1.165) is 33.2 Å². The van der Waals surface area contributed by atoms with Gasteiger partial charge < -0.3 is 9.72 Å². The van der Waals surface area contributed by atoms with Crippen molar-refractivity contribution in [2.24, 2.45) is 5.10 Å². The number of hydrazone groups is 1. The molecule has 24 heavy (non-hydrogen) atoms. The largest absolute Gasteiger partial charge is 0.496 e. The van der Waals surface area contributed by atoms with Crippen molar-refractivity contribution in [1.82, 2.24) is 15.0 Å². The number of hydrogen-bond donors (Lipinski definition) is 2. The molecule has 0 spiro atoms. The second-order valence-corrected chi connectivity index (χ2v) is 5.23. The minimum atomic E-state index is 0.627. The third-order valence-corrected chi connectivity index (χ3v) is 3.80. The highest BCUT2D eigenvalue weighted by Gasteiger charge is 2.09. The lowest BCUT2D eigenvalue weighted by atomic mass is 10.2. The summed E-state index contributed by atoms with van der Waals surface area (Å²) in [5, 5.41) is 5.34. The van der Waals surface area contributed by atoms with E-state index in [1.807, 2.05) is 48.5 Å². The minimum Gasteiger partial charge on any atom is -0.496 e. The Hall–Kier alpha value is -3.41. The second-order valence-electron chi connectivity index (χ2n) is 5.23. The van der Waals surface area contributed by atoms with Gasteiger partial charge in [-0.25, -0.2) is 9.97 Å². The van der Waals surface area contributed by atoms with Crippen LogP contribution in [0.4, 0.5) is 5.82 Å². The predicted octanol–water partition coefficient (Wildman–Crippen LogP) is 3.57. The van der Waals surface area contributed by atoms with Crippen LogP contribution >= 0.6 is 0 Å². The summed E-state index contributed by atoms with van der Waals surface area (Å²) >= 11 is 0. The van der Waals surface area contributed by atoms with Crippen LogP contribution in [0.25, 0.3) is 21.9 Å². The lowest BCUT2D eigenvalue weighted by Crippen LogP contribution is -1.96. The maximum Gasteiger partial charge on any atom is 0.174 e. The Labute approximate surface area is 138 Å². The van der Waals surface area contributed by atoms with Crippen molar-refractivity contribution >= 4 is 34.0 Å². The van der Waals surface area contributed by atoms with Crippen molar-refractivity contribution in [1.29, 1.82) is 0 Å². The van der Waals surface area contributed by atoms with Crippen LogP contribution in [-0.2, 0) is 0 Å². The first-order chi connectivity index (χ1) is 11.9. The number of nitrogens with zero attached hydrogens (tertiary/aromatic N) is 3. The van der Waals surface area contributed by atoms with Gasteiger partial charge in [-0.15, -0.1) is 0 Å². The predicted molar refractivity (Wildman–Crippen MR) is 95.6 cm³/mol. The van der Waals surface area contributed by atoms with E-state index in [1.54, 1.807) is 13.3 Å². The molecular weight excluding hydrogens is 302 g/mol. The van der Waals surface area contributed by atoms with Gasteiger partial charge >= 0.3 is 0 Å². The number of hydrogen-bond acceptors (Lipinski definition) is 5. The highest BCUT2D eigenvalue weighted by atomic mass is 16.5. The molecule has 118 valence electrons. The Balaban J connectivity index is 1.69. The van der Waals surface area contributed by atoms with Gasteiger partial charge in [0.2, 0.25) is 0 Å². The van der Waals surface area contributed by atoms with Gasteiger partial charge in [-0.1, -0.05) is 30.3 Å². The Morgan fingerprint density at radius 1 is 1.08 bits per heavy atom. The standard InChI is InChI=1S/C18H15N5O/c1-24-15-9-5-2-6-12(15)10-21-23-18-17-16(19-11-20-18)13-7-3-4-8-14(13)22-17/h2-11,22H,1H3,(H,19,20,23)/b21-10+. The highest BCUT2D eigenvalue weighted by Crippen LogP contribution is 2.26. The third kappa shape index (κ3) is 2.44. The van der Waals surface area contributed by atoms with Crippen LogP contribution < -0.4 is 10.2 Å². The zero-order chi connectivity index (χ0) is 16.4. The number of anilines is 1. The molecule has 0 radical (unpaired) electrons. The van der Waals surface area contributed by atoms with Crippen molar-refractivity contribution < 1.29 is 4.74 Å². The zero-order valence-electron chi connectivity index (χ0n) is 13.0. The molecule has 6 heteroatoms. The van der Waals surface area contributed by atoms with E-state index in [1.165, 1.54) is 6.33 Å². The molecular formula is C18H15N5O. The number of methoxy groups -OCH3 is 1. The summed E-state index contributed by atoms with van der Waals surface area (Å²) in [6.45, 7) is 0. The Kier molecular flexibility index (Phi) is 3.55. The first-order valence-corrected chi connectivity index (χ1v) is 7.50. The van der Waals surface area contributed by atoms with Gasteiger partial charge in [0.25, 0.3) is 0 Å². The van der Waals surface area contributed by atoms with Crippen molar-refractivity contribution in [3.05, 3.63) is 60.4 Å². The van der Waals surface area contributed by atoms with Crippen LogP contribution in [0.15, 0.2) is 60.0 Å². The fourth-order valence-corrected chi connectivity index (χ4v) is 2.66. The Morgan fingerprint density at radius 3 is 2.83 bits per heavy atom. The normalized spacial score (nSPS) is 11.4. The molecule has 0 bridgehead atoms. The summed E-state index contributed by atoms with van der Waals surface area (Å²) in [7, 11) is 1.64. The molecule has 2 aromatic carbocycles. The fraction of sp³-hybridized carbons (Fsp3) is 0.0556. The van der Waals surface area contributed by atoms with Crippen molar-refractivity contribution in [2.45, 2.75) is 0 Å². The van der Waals surface area contributed by atoms with Crippen LogP contribution in [0.3, 0.4) is 0 Å². The number of benzene rings is 2. The average molecular weight is 317 g/mol. The summed E-state index contributed by atoms with van der Waals surface area (Å²) in [6, 6.07) is 15.7. The molecule has 0 aliphatic carbocycles. The summed E-state index contributed by atoms with van der Waals surface area (Å²) < 4.78 is 5.31. The molecule has 4 aromatic rings. The molecule has 4 rings (SSSR count). The number of aromatic nitrogens is 3. The van der Waals surface area contributed by atoms with Crippen LogP contribution in [0.1, 0.15) is 5.56 Å². The van der Waals surface area contributed by atoms with E-state index in [9.17, 15) is 0 Å². The fourth-order valence-electron chi connectivity index (χ4n) is 2.66. The number of rotatable bonds is 4. The SMILES string of the molecule is COc1ccccc1/C=N/Nc1ncnc2c1[nH]c1ccccc12. The van der Waals surface area contributed by atoms with Crippen molar-refractivity contribution in [2.75, 3.05) is 12.5 Å². The first kappa shape index (κ1) is 14.2. The number of aromatic amines is 1. The van der Waals surface area contributed by atoms with Crippen LogP contribution in [0.2, 0.25) is 0 Å². The number of fused-ring (bicyclic) bond motifs is 3. The first-order valence-electron chi connectivity index (χ1n) is 7.50. The van der Waals surface area contributed by atoms with Crippen LogP contribution in [0, 0.1) is 0 Å². The summed E-state index contributed by atoms with van der Waals surface area (Å²) in [4.78, 5) is 12.0. The topological polar surface area (TPSA) is 75.2 Å². The number of nitrogens with one attached hydrogen (secondary N) is 2. The van der Waals surface area contributed by atoms with Gasteiger partial charge in [-0.05, 0) is 18.2 Å². The van der Waals surface area contributed by atoms with E-state index in [-0.39, 0.29) is 0 Å². The summed E-state index contributed by atoms with van der Waals surface area (Å²) in [6.07, 6.45) is 3.24. The summed E-state index contributed by atoms with van der Waals surface area (Å²) in [5.74, 6) is 1.39. The maximum absolute atomic E-state index is 5.31. The van der Waals surface area contributed by atoms with Gasteiger partial charge in [-0.3, -0.25) is 5.43 Å². The maximum atomic E-state index is 5.31. The molecule has 0 aliphatic rings. The number of H-pyrrole nitrogens is 1. The third-order valence-electron chi connectivity index (χ3n) is 3.80. The molecule has 2 heterocycles. The lowest BCUT2D eigenvalue weighted by Gasteiger charge is -2.03. The number of ether oxygens (including phenoxy) is 1. The molecule has 0 saturated carbocycles. The quantitative estimate of drug-likeness (QED) is 0.446. The van der Waals surface area contributed by atoms with E-state index in [4.69, 9.17) is 4.74 Å². The van der Waals surface area contributed by atoms with E-state index in [2.05, 4.69) is 25.5 Å². The molecule has 0 fully saturated rings. The molecule has 2 N–H and O–H groups in total. The smallest absolute Gasteiger partial charge is 0.174 e. The van der Waals surface area contributed by atoms with Gasteiger partial charge in [0.15, 0.2) is 5.82 Å². The Morgan fingerprint density at radius 2 is 1.92 bits per heavy atom. The van der Waals surface area contributed by atoms with Gasteiger partial charge in [-0.2, -0.15) is 5.10 Å². The van der Waals surface area contributed by atoms with Crippen molar-refractivity contribution in [3.63, 3.8) is 0 Å². The van der Waals surface area contributed by atoms with E-state index in [0.29, 0.717) is 5.82 Å². The lowest BCUT2D eigenvalue weighted by molar-refractivity contribution is 0.414. The Bertz CT molecular complexity index is 1040. The molecule has 0 unspecified atom stereocenters. The van der Waals surface area contributed by atoms with E-state index < -0.39 is 0 Å². The molecule has 0 saturated heterocycles. The highest BCUT2D eigenvalue weighted by molar-refractivity contribution is 6.07. The minimum absolute atomic E-state index is 0.627. The monoisotopic (exact) mass is 317 g/mol. The van der Waals surface area contributed by atoms with Crippen LogP contribution in [0.5, 0.6) is 5.75 Å². The number of para-hydroxylation sites is 2. The summed E-state index contributed by atoms with van der Waals surface area (Å²) in [5.41, 5.74) is 6.58.